The highest BCUT2D eigenvalue weighted by molar-refractivity contribution is 5.78. The molecule has 0 spiro atoms. The van der Waals surface area contributed by atoms with E-state index in [0.29, 0.717) is 31.1 Å². The molecular formula is C27H32F4N4O. The lowest BCUT2D eigenvalue weighted by molar-refractivity contribution is -0.137. The molecule has 3 heterocycles. The van der Waals surface area contributed by atoms with Crippen molar-refractivity contribution in [3.05, 3.63) is 65.0 Å². The second-order valence-electron chi connectivity index (χ2n) is 10.2. The zero-order valence-electron chi connectivity index (χ0n) is 20.2. The number of fused-ring (bicyclic) bond motifs is 1. The van der Waals surface area contributed by atoms with Crippen LogP contribution in [0.4, 0.5) is 23.2 Å². The van der Waals surface area contributed by atoms with Gasteiger partial charge in [-0.3, -0.25) is 14.6 Å². The third-order valence-electron chi connectivity index (χ3n) is 7.75. The topological polar surface area (TPSA) is 38.8 Å². The highest BCUT2D eigenvalue weighted by Crippen LogP contribution is 2.32. The number of hydrogen-bond acceptors (Lipinski definition) is 4. The Labute approximate surface area is 209 Å². The minimum absolute atomic E-state index is 0.0663. The molecule has 0 saturated carbocycles. The number of anilines is 1. The fourth-order valence-corrected chi connectivity index (χ4v) is 5.78. The molecule has 1 N–H and O–H groups in total. The molecule has 1 atom stereocenters. The number of carbonyl (C=O) groups is 1. The molecule has 5 rings (SSSR count). The summed E-state index contributed by atoms with van der Waals surface area (Å²) in [6.45, 7) is 4.84. The summed E-state index contributed by atoms with van der Waals surface area (Å²) >= 11 is 0. The summed E-state index contributed by atoms with van der Waals surface area (Å²) in [6, 6.07) is 11.1. The lowest BCUT2D eigenvalue weighted by Gasteiger charge is -2.38. The minimum Gasteiger partial charge on any atom is -0.371 e. The monoisotopic (exact) mass is 504 g/mol. The van der Waals surface area contributed by atoms with E-state index in [1.807, 2.05) is 17.0 Å². The molecule has 9 heteroatoms. The molecule has 3 aliphatic rings. The van der Waals surface area contributed by atoms with Crippen LogP contribution in [0.3, 0.4) is 0 Å². The third kappa shape index (κ3) is 5.83. The van der Waals surface area contributed by atoms with Crippen LogP contribution in [-0.4, -0.2) is 67.1 Å². The summed E-state index contributed by atoms with van der Waals surface area (Å²) in [7, 11) is 0. The van der Waals surface area contributed by atoms with Gasteiger partial charge in [-0.1, -0.05) is 6.07 Å². The Bertz CT molecular complexity index is 1070. The molecule has 36 heavy (non-hydrogen) atoms. The molecule has 2 aromatic rings. The predicted octanol–water partition coefficient (Wildman–Crippen LogP) is 4.06. The van der Waals surface area contributed by atoms with Gasteiger partial charge < -0.3 is 10.2 Å². The van der Waals surface area contributed by atoms with Crippen LogP contribution in [0.5, 0.6) is 0 Å². The summed E-state index contributed by atoms with van der Waals surface area (Å²) in [6.07, 6.45) is -0.743. The molecule has 194 valence electrons. The Hall–Kier alpha value is -2.65. The van der Waals surface area contributed by atoms with Crippen molar-refractivity contribution in [3.63, 3.8) is 0 Å². The van der Waals surface area contributed by atoms with E-state index in [4.69, 9.17) is 0 Å². The van der Waals surface area contributed by atoms with Crippen molar-refractivity contribution in [2.45, 2.75) is 50.5 Å². The van der Waals surface area contributed by atoms with Gasteiger partial charge in [0.25, 0.3) is 0 Å². The number of nitrogens with zero attached hydrogens (tertiary/aromatic N) is 3. The number of halogens is 4. The Morgan fingerprint density at radius 3 is 2.42 bits per heavy atom. The third-order valence-corrected chi connectivity index (χ3v) is 7.75. The van der Waals surface area contributed by atoms with Crippen molar-refractivity contribution in [3.8, 4) is 0 Å². The van der Waals surface area contributed by atoms with E-state index >= 15 is 0 Å². The molecule has 0 bridgehead atoms. The number of nitrogens with one attached hydrogen (secondary N) is 1. The van der Waals surface area contributed by atoms with Crippen molar-refractivity contribution in [1.82, 2.24) is 15.1 Å². The maximum absolute atomic E-state index is 13.2. The van der Waals surface area contributed by atoms with E-state index in [1.165, 1.54) is 18.2 Å². The number of amides is 1. The number of likely N-dealkylation sites (tertiary alicyclic amines) is 1. The van der Waals surface area contributed by atoms with Crippen LogP contribution in [0.1, 0.15) is 36.0 Å². The van der Waals surface area contributed by atoms with Crippen molar-refractivity contribution in [2.75, 3.05) is 44.2 Å². The number of rotatable bonds is 5. The van der Waals surface area contributed by atoms with Crippen molar-refractivity contribution in [1.29, 1.82) is 0 Å². The van der Waals surface area contributed by atoms with Gasteiger partial charge in [0.05, 0.1) is 12.1 Å². The molecule has 0 aromatic heterocycles. The zero-order chi connectivity index (χ0) is 25.3. The average molecular weight is 505 g/mol. The van der Waals surface area contributed by atoms with Gasteiger partial charge in [0.1, 0.15) is 5.82 Å². The van der Waals surface area contributed by atoms with E-state index in [-0.39, 0.29) is 24.3 Å². The van der Waals surface area contributed by atoms with Crippen molar-refractivity contribution < 1.29 is 22.4 Å². The molecule has 5 nitrogen and oxygen atoms in total. The molecule has 2 saturated heterocycles. The molecule has 3 aliphatic heterocycles. The lowest BCUT2D eigenvalue weighted by Crippen LogP contribution is -2.47. The normalized spacial score (nSPS) is 22.0. The van der Waals surface area contributed by atoms with Crippen LogP contribution < -0.4 is 10.2 Å². The molecule has 2 aromatic carbocycles. The van der Waals surface area contributed by atoms with Crippen LogP contribution >= 0.6 is 0 Å². The lowest BCUT2D eigenvalue weighted by atomic mass is 9.97. The van der Waals surface area contributed by atoms with Crippen LogP contribution in [0.25, 0.3) is 0 Å². The Morgan fingerprint density at radius 1 is 0.944 bits per heavy atom. The summed E-state index contributed by atoms with van der Waals surface area (Å²) in [5.74, 6) is -0.289. The van der Waals surface area contributed by atoms with Gasteiger partial charge in [-0.2, -0.15) is 13.2 Å². The van der Waals surface area contributed by atoms with E-state index in [0.717, 1.165) is 62.8 Å². The van der Waals surface area contributed by atoms with Crippen molar-refractivity contribution >= 4 is 11.6 Å². The molecule has 1 unspecified atom stereocenters. The first-order chi connectivity index (χ1) is 17.2. The molecular weight excluding hydrogens is 472 g/mol. The highest BCUT2D eigenvalue weighted by atomic mass is 19.4. The van der Waals surface area contributed by atoms with Gasteiger partial charge in [-0.25, -0.2) is 4.39 Å². The fourth-order valence-electron chi connectivity index (χ4n) is 5.78. The second-order valence-corrected chi connectivity index (χ2v) is 10.2. The smallest absolute Gasteiger partial charge is 0.371 e. The number of benzene rings is 2. The number of alkyl halides is 3. The minimum atomic E-state index is -4.36. The van der Waals surface area contributed by atoms with Gasteiger partial charge in [0.2, 0.25) is 5.91 Å². The average Bonchev–Trinajstić information content (AvgIpc) is 3.32. The van der Waals surface area contributed by atoms with Crippen molar-refractivity contribution in [2.24, 2.45) is 0 Å². The van der Waals surface area contributed by atoms with Crippen LogP contribution in [-0.2, 0) is 23.9 Å². The first-order valence-corrected chi connectivity index (χ1v) is 12.7. The summed E-state index contributed by atoms with van der Waals surface area (Å²) in [5.41, 5.74) is 2.00. The van der Waals surface area contributed by atoms with Gasteiger partial charge >= 0.3 is 6.18 Å². The summed E-state index contributed by atoms with van der Waals surface area (Å²) in [4.78, 5) is 19.4. The molecule has 2 fully saturated rings. The quantitative estimate of drug-likeness (QED) is 0.624. The predicted molar refractivity (Wildman–Crippen MR) is 130 cm³/mol. The van der Waals surface area contributed by atoms with Gasteiger partial charge in [0.15, 0.2) is 0 Å². The molecule has 1 amide bonds. The van der Waals surface area contributed by atoms with Crippen LogP contribution in [0, 0.1) is 5.82 Å². The van der Waals surface area contributed by atoms with Crippen LogP contribution in [0.15, 0.2) is 42.5 Å². The highest BCUT2D eigenvalue weighted by Gasteiger charge is 2.33. The van der Waals surface area contributed by atoms with Gasteiger partial charge in [-0.15, -0.1) is 0 Å². The van der Waals surface area contributed by atoms with E-state index in [9.17, 15) is 22.4 Å². The fraction of sp³-hybridized carbons (Fsp3) is 0.519. The second kappa shape index (κ2) is 10.4. The first kappa shape index (κ1) is 25.0. The van der Waals surface area contributed by atoms with E-state index < -0.39 is 11.7 Å². The number of hydrogen-bond donors (Lipinski definition) is 1. The number of piperidine rings is 1. The number of carbonyl (C=O) groups excluding carboxylic acids is 1. The standard InChI is InChI=1S/C27H32F4N4O/c28-22-3-5-24(6-4-22)34-13-9-25(10-14-34)35-12-8-23(17-35)32-26(36)18-33-11-7-19-1-2-21(27(29,30)31)15-20(19)16-33/h1-6,15,23,25H,7-14,16-18H2,(H,32,36). The largest absolute Gasteiger partial charge is 0.416 e. The van der Waals surface area contributed by atoms with E-state index in [1.54, 1.807) is 6.07 Å². The Morgan fingerprint density at radius 2 is 1.69 bits per heavy atom. The summed E-state index contributed by atoms with van der Waals surface area (Å²) in [5, 5.41) is 3.15. The van der Waals surface area contributed by atoms with Gasteiger partial charge in [0, 0.05) is 57.0 Å². The Balaban J connectivity index is 1.07. The SMILES string of the molecule is O=C(CN1CCc2ccc(C(F)(F)F)cc2C1)NC1CCN(C2CCN(c3ccc(F)cc3)CC2)C1. The first-order valence-electron chi connectivity index (χ1n) is 12.7. The van der Waals surface area contributed by atoms with Gasteiger partial charge in [-0.05, 0) is 73.2 Å². The molecule has 0 aliphatic carbocycles. The Kier molecular flexibility index (Phi) is 7.21. The zero-order valence-corrected chi connectivity index (χ0v) is 20.2. The maximum atomic E-state index is 13.2. The van der Waals surface area contributed by atoms with E-state index in [2.05, 4.69) is 15.1 Å². The molecule has 0 radical (unpaired) electrons. The van der Waals surface area contributed by atoms with Crippen LogP contribution in [0.2, 0.25) is 0 Å². The summed E-state index contributed by atoms with van der Waals surface area (Å²) < 4.78 is 52.4. The maximum Gasteiger partial charge on any atom is 0.416 e.